The van der Waals surface area contributed by atoms with Gasteiger partial charge in [0, 0.05) is 25.1 Å². The second kappa shape index (κ2) is 31.7. The first-order valence-electron chi connectivity index (χ1n) is 31.0. The van der Waals surface area contributed by atoms with Gasteiger partial charge in [0.05, 0.1) is 36.5 Å². The number of aryl methyl sites for hydroxylation is 1. The van der Waals surface area contributed by atoms with Gasteiger partial charge in [-0.05, 0) is 273 Å². The van der Waals surface area contributed by atoms with Crippen molar-refractivity contribution in [3.8, 4) is 98.1 Å². The van der Waals surface area contributed by atoms with Crippen LogP contribution < -0.4 is 28.4 Å². The van der Waals surface area contributed by atoms with Gasteiger partial charge in [-0.15, -0.1) is 0 Å². The van der Waals surface area contributed by atoms with Gasteiger partial charge in [0.15, 0.2) is 0 Å². The molecule has 0 spiro atoms. The molecule has 0 heterocycles. The Morgan fingerprint density at radius 3 is 0.640 bits per heavy atom. The van der Waals surface area contributed by atoms with Gasteiger partial charge >= 0.3 is 0 Å². The maximum atomic E-state index is 13.3. The lowest BCUT2D eigenvalue weighted by molar-refractivity contribution is 0.412. The van der Waals surface area contributed by atoms with Crippen LogP contribution in [-0.4, -0.2) is 32.4 Å². The fourth-order valence-electron chi connectivity index (χ4n) is 9.86. The Hall–Kier alpha value is -12.4. The van der Waals surface area contributed by atoms with Gasteiger partial charge in [-0.3, -0.25) is 0 Å². The van der Waals surface area contributed by atoms with Crippen LogP contribution in [0.3, 0.4) is 0 Å². The number of hydrogen-bond acceptors (Lipinski definition) is 12. The van der Waals surface area contributed by atoms with Crippen molar-refractivity contribution in [2.75, 3.05) is 7.11 Å². The normalized spacial score (nSPS) is 10.9. The van der Waals surface area contributed by atoms with Crippen LogP contribution in [0.1, 0.15) is 38.1 Å². The largest absolute Gasteiger partial charge is 0.497 e. The van der Waals surface area contributed by atoms with Crippen molar-refractivity contribution in [2.45, 2.75) is 43.7 Å². The van der Waals surface area contributed by atoms with Gasteiger partial charge in [0.2, 0.25) is 29.5 Å². The van der Waals surface area contributed by atoms with E-state index in [9.17, 15) is 25.3 Å². The van der Waals surface area contributed by atoms with Crippen molar-refractivity contribution in [3.63, 3.8) is 0 Å². The molecule has 0 fully saturated rings. The van der Waals surface area contributed by atoms with Crippen LogP contribution in [0.2, 0.25) is 0 Å². The fraction of sp³-hybridized carbons (Fsp3) is 0.0353. The Bertz CT molecular complexity index is 5390. The lowest BCUT2D eigenvalue weighted by atomic mass is 10.1. The highest BCUT2D eigenvalue weighted by Gasteiger charge is 2.21. The van der Waals surface area contributed by atoms with Crippen molar-refractivity contribution in [1.82, 2.24) is 0 Å². The summed E-state index contributed by atoms with van der Waals surface area (Å²) in [7, 11) is -9.42. The lowest BCUT2D eigenvalue weighted by Gasteiger charge is -2.10. The first-order valence-corrected chi connectivity index (χ1v) is 35.4. The Labute approximate surface area is 586 Å². The van der Waals surface area contributed by atoms with Crippen LogP contribution in [-0.2, 0) is 29.5 Å². The highest BCUT2D eigenvalue weighted by atomic mass is 32.2. The minimum Gasteiger partial charge on any atom is -0.497 e. The summed E-state index contributed by atoms with van der Waals surface area (Å²) in [5, 5.41) is 0. The van der Waals surface area contributed by atoms with E-state index in [1.54, 1.807) is 153 Å². The summed E-state index contributed by atoms with van der Waals surface area (Å²) in [6.45, 7) is 1.91. The van der Waals surface area contributed by atoms with Crippen LogP contribution >= 0.6 is 0 Å². The van der Waals surface area contributed by atoms with Gasteiger partial charge in [-0.2, -0.15) is 0 Å². The van der Waals surface area contributed by atoms with Crippen LogP contribution in [0.5, 0.6) is 63.2 Å². The third-order valence-electron chi connectivity index (χ3n) is 15.2. The van der Waals surface area contributed by atoms with E-state index in [4.69, 9.17) is 28.4 Å². The molecular weight excluding hydrogens is 1310 g/mol. The quantitative estimate of drug-likeness (QED) is 0.0750. The topological polar surface area (TPSA) is 158 Å². The summed E-state index contributed by atoms with van der Waals surface area (Å²) >= 11 is 0. The predicted octanol–water partition coefficient (Wildman–Crippen LogP) is 20.7. The van der Waals surface area contributed by atoms with Crippen molar-refractivity contribution < 1.29 is 56.5 Å². The average Bonchev–Trinajstić information content (AvgIpc) is 0.537. The fourth-order valence-corrected chi connectivity index (χ4v) is 13.6. The molecule has 0 radical (unpaired) electrons. The molecule has 13 aromatic rings. The van der Waals surface area contributed by atoms with Crippen molar-refractivity contribution in [3.05, 3.63) is 355 Å². The monoisotopic (exact) mass is 1380 g/mol. The highest BCUT2D eigenvalue weighted by molar-refractivity contribution is 7.92. The molecule has 0 aliphatic carbocycles. The van der Waals surface area contributed by atoms with Gasteiger partial charge in [-0.25, -0.2) is 25.3 Å². The maximum absolute atomic E-state index is 13.3. The molecule has 12 nitrogen and oxygen atoms in total. The van der Waals surface area contributed by atoms with Crippen LogP contribution in [0.25, 0.3) is 11.1 Å². The van der Waals surface area contributed by atoms with E-state index < -0.39 is 29.5 Å². The van der Waals surface area contributed by atoms with E-state index in [0.717, 1.165) is 44.7 Å². The first kappa shape index (κ1) is 69.0. The zero-order chi connectivity index (χ0) is 68.6. The summed E-state index contributed by atoms with van der Waals surface area (Å²) in [5.74, 6) is 19.0. The maximum Gasteiger partial charge on any atom is 0.206 e. The molecule has 0 aromatic heterocycles. The number of sulfone groups is 3. The van der Waals surface area contributed by atoms with Gasteiger partial charge in [0.1, 0.15) is 63.2 Å². The Morgan fingerprint density at radius 1 is 0.230 bits per heavy atom. The Balaban J connectivity index is 0.000000233. The van der Waals surface area contributed by atoms with E-state index >= 15 is 0 Å². The molecule has 498 valence electrons. The van der Waals surface area contributed by atoms with Crippen LogP contribution in [0.15, 0.2) is 357 Å². The molecule has 0 atom stereocenters. The molecule has 100 heavy (non-hydrogen) atoms. The average molecular weight is 1380 g/mol. The van der Waals surface area contributed by atoms with E-state index in [0.29, 0.717) is 57.5 Å². The molecule has 0 saturated carbocycles. The van der Waals surface area contributed by atoms with E-state index in [-0.39, 0.29) is 39.7 Å². The number of hydrogen-bond donors (Lipinski definition) is 0. The van der Waals surface area contributed by atoms with E-state index in [2.05, 4.69) is 23.7 Å². The molecule has 0 saturated heterocycles. The lowest BCUT2D eigenvalue weighted by Crippen LogP contribution is -2.01. The highest BCUT2D eigenvalue weighted by Crippen LogP contribution is 2.34. The van der Waals surface area contributed by atoms with Crippen LogP contribution in [0.4, 0.5) is 0 Å². The molecule has 0 aliphatic rings. The summed E-state index contributed by atoms with van der Waals surface area (Å²) < 4.78 is 114. The molecule has 0 bridgehead atoms. The standard InChI is InChI=1S/C45H32O6S2.C39H28O6S.CH4.2H2/c1-33-7-25-42(26-8-33)52(46,47)44-29-21-40(22-30-44)50-38-17-13-36(14-18-38)37-15-19-39(20-16-37)51-41-23-31-45(32-24-41)53(48,49)43-27-11-35(12-28-43)10-9-34-5-3-2-4-6-34;1-42-31-11-13-32(14-12-31)43-33-15-17-34(18-16-33)44-35-19-21-36(22-20-35)45-37-23-27-39(28-24-37)46(40,41)38-25-9-30(10-26-38)8-7-29-5-3-2-4-6-29;;;/h2-8,11-32H,1H3;2-6,9-28H,1H3;1H4;2*1H/i;;;2*1+2. The predicted molar refractivity (Wildman–Crippen MR) is 394 cm³/mol. The van der Waals surface area contributed by atoms with Gasteiger partial charge < -0.3 is 28.4 Å². The molecule has 0 amide bonds. The zero-order valence-corrected chi connectivity index (χ0v) is 55.8. The number of methoxy groups -OCH3 is 1. The minimum absolute atomic E-state index is 0. The summed E-state index contributed by atoms with van der Waals surface area (Å²) in [5.41, 5.74) is 6.16. The molecule has 13 aromatic carbocycles. The molecule has 0 unspecified atom stereocenters. The summed E-state index contributed by atoms with van der Waals surface area (Å²) in [6.07, 6.45) is 0. The Kier molecular flexibility index (Phi) is 21.8. The molecule has 15 heteroatoms. The number of rotatable bonds is 18. The third kappa shape index (κ3) is 17.8. The molecule has 0 aliphatic heterocycles. The van der Waals surface area contributed by atoms with E-state index in [1.165, 1.54) is 24.3 Å². The zero-order valence-electron chi connectivity index (χ0n) is 53.3. The minimum atomic E-state index is -3.72. The first-order chi connectivity index (χ1) is 48.1. The second-order valence-electron chi connectivity index (χ2n) is 22.2. The molecular formula is C85H68O12S3. The van der Waals surface area contributed by atoms with Crippen molar-refractivity contribution >= 4 is 29.5 Å². The summed E-state index contributed by atoms with van der Waals surface area (Å²) in [6, 6.07) is 95.1. The SMILES string of the molecule is C.COc1ccc(Oc2ccc(Oc3ccc(Oc4ccc(S(=O)(=O)c5ccc(C#Cc6ccccc6)cc5)cc4)cc3)cc2)cc1.Cc1ccc(S(=O)(=O)c2ccc(Oc3ccc(-c4ccc(Oc5ccc(S(=O)(=O)c6ccc(C#Cc7ccccc7)cc6)cc5)cc4)cc3)cc2)cc1.[3HH].[3HH]. The number of benzene rings is 13. The van der Waals surface area contributed by atoms with Crippen molar-refractivity contribution in [2.24, 2.45) is 0 Å². The smallest absolute Gasteiger partial charge is 0.206 e. The van der Waals surface area contributed by atoms with Crippen LogP contribution in [0, 0.1) is 30.6 Å². The van der Waals surface area contributed by atoms with Gasteiger partial charge in [0.25, 0.3) is 0 Å². The van der Waals surface area contributed by atoms with Crippen molar-refractivity contribution in [1.29, 1.82) is 0 Å². The Morgan fingerprint density at radius 2 is 0.410 bits per heavy atom. The third-order valence-corrected chi connectivity index (χ3v) is 20.6. The number of ether oxygens (including phenoxy) is 6. The van der Waals surface area contributed by atoms with E-state index in [1.807, 2.05) is 165 Å². The van der Waals surface area contributed by atoms with Gasteiger partial charge in [-0.1, -0.05) is 109 Å². The molecule has 13 rings (SSSR count). The summed E-state index contributed by atoms with van der Waals surface area (Å²) in [4.78, 5) is 1.17. The molecule has 0 N–H and O–H groups in total. The second-order valence-corrected chi connectivity index (χ2v) is 28.0.